The maximum atomic E-state index is 6.12. The molecule has 1 aromatic carbocycles. The first-order chi connectivity index (χ1) is 9.55. The molecule has 106 valence electrons. The summed E-state index contributed by atoms with van der Waals surface area (Å²) >= 11 is 18.1. The van der Waals surface area contributed by atoms with Crippen molar-refractivity contribution < 1.29 is 4.74 Å². The minimum absolute atomic E-state index is 0.419. The van der Waals surface area contributed by atoms with Crippen molar-refractivity contribution in [2.24, 2.45) is 0 Å². The Kier molecular flexibility index (Phi) is 4.81. The van der Waals surface area contributed by atoms with Gasteiger partial charge in [0.2, 0.25) is 0 Å². The Morgan fingerprint density at radius 3 is 2.35 bits per heavy atom. The van der Waals surface area contributed by atoms with E-state index in [0.717, 1.165) is 5.69 Å². The van der Waals surface area contributed by atoms with Crippen LogP contribution in [-0.4, -0.2) is 19.1 Å². The highest BCUT2D eigenvalue weighted by molar-refractivity contribution is 6.37. The van der Waals surface area contributed by atoms with Crippen LogP contribution in [0.2, 0.25) is 15.1 Å². The zero-order valence-electron chi connectivity index (χ0n) is 10.8. The zero-order chi connectivity index (χ0) is 14.7. The minimum Gasteiger partial charge on any atom is -0.495 e. The van der Waals surface area contributed by atoms with Crippen LogP contribution in [-0.2, 0) is 0 Å². The van der Waals surface area contributed by atoms with Gasteiger partial charge in [-0.15, -0.1) is 0 Å². The average Bonchev–Trinajstić information content (AvgIpc) is 2.43. The Hall–Kier alpha value is -1.36. The molecule has 0 amide bonds. The summed E-state index contributed by atoms with van der Waals surface area (Å²) in [7, 11) is 3.29. The van der Waals surface area contributed by atoms with Gasteiger partial charge in [-0.2, -0.15) is 0 Å². The molecule has 4 nitrogen and oxygen atoms in total. The molecule has 1 heterocycles. The van der Waals surface area contributed by atoms with Crippen molar-refractivity contribution in [3.8, 4) is 5.75 Å². The second-order valence-electron chi connectivity index (χ2n) is 3.87. The average molecular weight is 333 g/mol. The molecule has 1 aromatic heterocycles. The van der Waals surface area contributed by atoms with E-state index in [1.807, 2.05) is 0 Å². The number of methoxy groups -OCH3 is 1. The molecule has 0 aliphatic rings. The first-order valence-electron chi connectivity index (χ1n) is 5.69. The highest BCUT2D eigenvalue weighted by Gasteiger charge is 2.10. The zero-order valence-corrected chi connectivity index (χ0v) is 13.1. The molecule has 0 saturated carbocycles. The van der Waals surface area contributed by atoms with Crippen LogP contribution in [0.4, 0.5) is 17.3 Å². The van der Waals surface area contributed by atoms with E-state index in [2.05, 4.69) is 15.6 Å². The highest BCUT2D eigenvalue weighted by Crippen LogP contribution is 2.33. The maximum Gasteiger partial charge on any atom is 0.151 e. The lowest BCUT2D eigenvalue weighted by molar-refractivity contribution is 0.415. The summed E-state index contributed by atoms with van der Waals surface area (Å²) in [5.74, 6) is 1.60. The van der Waals surface area contributed by atoms with Crippen molar-refractivity contribution in [3.05, 3.63) is 39.3 Å². The molecular weight excluding hydrogens is 321 g/mol. The number of halogens is 3. The minimum atomic E-state index is 0.419. The van der Waals surface area contributed by atoms with E-state index in [1.165, 1.54) is 0 Å². The summed E-state index contributed by atoms with van der Waals surface area (Å²) in [6.45, 7) is 0. The van der Waals surface area contributed by atoms with E-state index < -0.39 is 0 Å². The Balaban J connectivity index is 2.34. The largest absolute Gasteiger partial charge is 0.495 e. The number of benzene rings is 1. The van der Waals surface area contributed by atoms with Crippen LogP contribution in [0.25, 0.3) is 0 Å². The van der Waals surface area contributed by atoms with Gasteiger partial charge in [0.05, 0.1) is 22.2 Å². The molecule has 0 atom stereocenters. The van der Waals surface area contributed by atoms with Gasteiger partial charge in [-0.25, -0.2) is 4.98 Å². The number of pyridine rings is 1. The van der Waals surface area contributed by atoms with Gasteiger partial charge in [0.25, 0.3) is 0 Å². The van der Waals surface area contributed by atoms with E-state index in [0.29, 0.717) is 32.5 Å². The third-order valence-electron chi connectivity index (χ3n) is 2.58. The molecule has 2 aromatic rings. The molecule has 0 unspecified atom stereocenters. The number of aromatic nitrogens is 1. The Morgan fingerprint density at radius 2 is 1.70 bits per heavy atom. The number of ether oxygens (including phenoxy) is 1. The summed E-state index contributed by atoms with van der Waals surface area (Å²) in [6, 6.07) is 6.91. The predicted octanol–water partition coefficient (Wildman–Crippen LogP) is 4.84. The molecule has 0 fully saturated rings. The number of rotatable bonds is 4. The molecule has 2 rings (SSSR count). The monoisotopic (exact) mass is 331 g/mol. The van der Waals surface area contributed by atoms with Crippen LogP contribution >= 0.6 is 34.8 Å². The molecule has 0 bridgehead atoms. The van der Waals surface area contributed by atoms with Crippen LogP contribution in [0.15, 0.2) is 24.3 Å². The summed E-state index contributed by atoms with van der Waals surface area (Å²) in [4.78, 5) is 4.30. The fraction of sp³-hybridized carbons (Fsp3) is 0.154. The number of nitrogens with zero attached hydrogens (tertiary/aromatic N) is 1. The fourth-order valence-corrected chi connectivity index (χ4v) is 2.30. The van der Waals surface area contributed by atoms with Crippen LogP contribution in [0.3, 0.4) is 0 Å². The van der Waals surface area contributed by atoms with Crippen molar-refractivity contribution in [1.29, 1.82) is 0 Å². The molecule has 20 heavy (non-hydrogen) atoms. The van der Waals surface area contributed by atoms with Gasteiger partial charge in [-0.05, 0) is 18.2 Å². The second kappa shape index (κ2) is 6.39. The third-order valence-corrected chi connectivity index (χ3v) is 3.47. The van der Waals surface area contributed by atoms with Gasteiger partial charge in [-0.1, -0.05) is 34.8 Å². The first-order valence-corrected chi connectivity index (χ1v) is 6.83. The smallest absolute Gasteiger partial charge is 0.151 e. The lowest BCUT2D eigenvalue weighted by atomic mass is 10.3. The lowest BCUT2D eigenvalue weighted by Crippen LogP contribution is -2.00. The second-order valence-corrected chi connectivity index (χ2v) is 5.10. The highest BCUT2D eigenvalue weighted by atomic mass is 35.5. The number of nitrogens with one attached hydrogen (secondary N) is 2. The number of hydrogen-bond acceptors (Lipinski definition) is 4. The fourth-order valence-electron chi connectivity index (χ4n) is 1.60. The van der Waals surface area contributed by atoms with Crippen molar-refractivity contribution >= 4 is 52.1 Å². The van der Waals surface area contributed by atoms with E-state index in [9.17, 15) is 0 Å². The standard InChI is InChI=1S/C13H12Cl3N3O/c1-17-12-9(15)6-10(16)13(19-12)18-7-3-4-8(14)11(5-7)20-2/h3-6H,1-2H3,(H2,17,18,19). The van der Waals surface area contributed by atoms with Gasteiger partial charge >= 0.3 is 0 Å². The SMILES string of the molecule is CNc1nc(Nc2ccc(Cl)c(OC)c2)c(Cl)cc1Cl. The van der Waals surface area contributed by atoms with Crippen LogP contribution in [0.1, 0.15) is 0 Å². The molecule has 0 spiro atoms. The predicted molar refractivity (Wildman–Crippen MR) is 85.1 cm³/mol. The summed E-state index contributed by atoms with van der Waals surface area (Å²) in [5, 5.41) is 7.39. The normalized spacial score (nSPS) is 10.2. The third kappa shape index (κ3) is 3.20. The molecule has 0 saturated heterocycles. The summed E-state index contributed by atoms with van der Waals surface area (Å²) in [6.07, 6.45) is 0. The topological polar surface area (TPSA) is 46.2 Å². The van der Waals surface area contributed by atoms with E-state index in [-0.39, 0.29) is 0 Å². The Labute approximate surface area is 132 Å². The van der Waals surface area contributed by atoms with Crippen LogP contribution in [0, 0.1) is 0 Å². The number of hydrogen-bond donors (Lipinski definition) is 2. The molecule has 0 aliphatic heterocycles. The Bertz CT molecular complexity index is 634. The lowest BCUT2D eigenvalue weighted by Gasteiger charge is -2.12. The Morgan fingerprint density at radius 1 is 1.00 bits per heavy atom. The summed E-state index contributed by atoms with van der Waals surface area (Å²) in [5.41, 5.74) is 0.755. The molecule has 2 N–H and O–H groups in total. The van der Waals surface area contributed by atoms with Gasteiger partial charge < -0.3 is 15.4 Å². The van der Waals surface area contributed by atoms with Gasteiger partial charge in [0.15, 0.2) is 5.82 Å². The van der Waals surface area contributed by atoms with Crippen molar-refractivity contribution in [2.75, 3.05) is 24.8 Å². The van der Waals surface area contributed by atoms with Crippen molar-refractivity contribution in [2.45, 2.75) is 0 Å². The molecular formula is C13H12Cl3N3O. The van der Waals surface area contributed by atoms with E-state index in [1.54, 1.807) is 38.4 Å². The molecule has 0 aliphatic carbocycles. The molecule has 0 radical (unpaired) electrons. The number of anilines is 3. The van der Waals surface area contributed by atoms with Crippen LogP contribution < -0.4 is 15.4 Å². The quantitative estimate of drug-likeness (QED) is 0.841. The molecule has 7 heteroatoms. The van der Waals surface area contributed by atoms with E-state index >= 15 is 0 Å². The van der Waals surface area contributed by atoms with E-state index in [4.69, 9.17) is 39.5 Å². The maximum absolute atomic E-state index is 6.12. The van der Waals surface area contributed by atoms with Crippen LogP contribution in [0.5, 0.6) is 5.75 Å². The van der Waals surface area contributed by atoms with Crippen molar-refractivity contribution in [1.82, 2.24) is 4.98 Å². The van der Waals surface area contributed by atoms with Gasteiger partial charge in [-0.3, -0.25) is 0 Å². The first kappa shape index (κ1) is 15.0. The van der Waals surface area contributed by atoms with Gasteiger partial charge in [0, 0.05) is 18.8 Å². The van der Waals surface area contributed by atoms with Gasteiger partial charge in [0.1, 0.15) is 11.6 Å². The summed E-state index contributed by atoms with van der Waals surface area (Å²) < 4.78 is 5.16. The van der Waals surface area contributed by atoms with Crippen molar-refractivity contribution in [3.63, 3.8) is 0 Å².